The van der Waals surface area contributed by atoms with Crippen molar-refractivity contribution in [3.63, 3.8) is 0 Å². The first-order valence-electron chi connectivity index (χ1n) is 12.3. The Morgan fingerprint density at radius 2 is 1.91 bits per heavy atom. The lowest BCUT2D eigenvalue weighted by Gasteiger charge is -2.27. The number of aliphatic imine (C=N–C) groups is 1. The Kier molecular flexibility index (Phi) is 10.1. The largest absolute Gasteiger partial charge is 0.494 e. The summed E-state index contributed by atoms with van der Waals surface area (Å²) in [7, 11) is 1.40. The number of ether oxygens (including phenoxy) is 2. The van der Waals surface area contributed by atoms with E-state index < -0.39 is 11.9 Å². The molecule has 34 heavy (non-hydrogen) atoms. The van der Waals surface area contributed by atoms with Gasteiger partial charge in [-0.3, -0.25) is 9.59 Å². The Balaban J connectivity index is 1.60. The van der Waals surface area contributed by atoms with Gasteiger partial charge in [-0.2, -0.15) is 4.99 Å². The molecule has 8 nitrogen and oxygen atoms in total. The van der Waals surface area contributed by atoms with Crippen LogP contribution in [0, 0.1) is 17.7 Å². The van der Waals surface area contributed by atoms with E-state index in [9.17, 15) is 14.0 Å². The molecule has 0 spiro atoms. The fraction of sp³-hybridized carbons (Fsp3) is 0.640. The molecule has 1 aliphatic heterocycles. The van der Waals surface area contributed by atoms with Crippen LogP contribution in [0.1, 0.15) is 63.4 Å². The van der Waals surface area contributed by atoms with Crippen molar-refractivity contribution >= 4 is 17.8 Å². The third kappa shape index (κ3) is 8.27. The highest BCUT2D eigenvalue weighted by Crippen LogP contribution is 2.27. The number of guanidine groups is 1. The van der Waals surface area contributed by atoms with Crippen LogP contribution < -0.4 is 21.1 Å². The van der Waals surface area contributed by atoms with Gasteiger partial charge in [0.15, 0.2) is 17.5 Å². The van der Waals surface area contributed by atoms with Crippen LogP contribution >= 0.6 is 0 Å². The normalized spacial score (nSPS) is 18.8. The van der Waals surface area contributed by atoms with Crippen LogP contribution in [0.3, 0.4) is 0 Å². The number of carbonyl (C=O) groups is 2. The number of carbonyl (C=O) groups excluding carboxylic acids is 2. The van der Waals surface area contributed by atoms with E-state index in [1.165, 1.54) is 19.6 Å². The number of rotatable bonds is 9. The van der Waals surface area contributed by atoms with E-state index in [0.717, 1.165) is 44.1 Å². The van der Waals surface area contributed by atoms with Crippen LogP contribution in [0.5, 0.6) is 5.75 Å². The summed E-state index contributed by atoms with van der Waals surface area (Å²) < 4.78 is 24.0. The molecule has 1 unspecified atom stereocenters. The van der Waals surface area contributed by atoms with Crippen LogP contribution in [-0.4, -0.2) is 44.1 Å². The number of amides is 2. The Morgan fingerprint density at radius 3 is 2.62 bits per heavy atom. The van der Waals surface area contributed by atoms with Gasteiger partial charge in [0.25, 0.3) is 0 Å². The Morgan fingerprint density at radius 1 is 1.18 bits per heavy atom. The van der Waals surface area contributed by atoms with Crippen molar-refractivity contribution in [1.29, 1.82) is 0 Å². The van der Waals surface area contributed by atoms with Crippen molar-refractivity contribution in [3.05, 3.63) is 29.6 Å². The average Bonchev–Trinajstić information content (AvgIpc) is 2.84. The van der Waals surface area contributed by atoms with Crippen LogP contribution in [0.15, 0.2) is 23.2 Å². The zero-order valence-corrected chi connectivity index (χ0v) is 20.0. The number of hydrogen-bond acceptors (Lipinski definition) is 4. The molecule has 188 valence electrons. The molecule has 9 heteroatoms. The molecular formula is C25H37FN4O4. The molecule has 2 amide bonds. The van der Waals surface area contributed by atoms with E-state index >= 15 is 0 Å². The first-order valence-corrected chi connectivity index (χ1v) is 12.3. The summed E-state index contributed by atoms with van der Waals surface area (Å²) in [5.41, 5.74) is 6.76. The van der Waals surface area contributed by atoms with E-state index in [1.54, 1.807) is 12.1 Å². The molecule has 1 heterocycles. The number of halogens is 1. The summed E-state index contributed by atoms with van der Waals surface area (Å²) in [6.07, 6.45) is 8.30. The van der Waals surface area contributed by atoms with E-state index in [1.807, 2.05) is 0 Å². The maximum Gasteiger partial charge on any atom is 0.249 e. The molecule has 1 aliphatic carbocycles. The van der Waals surface area contributed by atoms with Gasteiger partial charge in [0.2, 0.25) is 11.8 Å². The Bertz CT molecular complexity index is 851. The van der Waals surface area contributed by atoms with Gasteiger partial charge in [-0.15, -0.1) is 0 Å². The molecule has 1 aromatic rings. The molecule has 1 saturated carbocycles. The monoisotopic (exact) mass is 476 g/mol. The molecule has 0 bridgehead atoms. The Hall–Kier alpha value is -2.68. The second-order valence-electron chi connectivity index (χ2n) is 9.27. The summed E-state index contributed by atoms with van der Waals surface area (Å²) in [5, 5.41) is 5.88. The predicted octanol–water partition coefficient (Wildman–Crippen LogP) is 3.04. The van der Waals surface area contributed by atoms with E-state index in [4.69, 9.17) is 15.2 Å². The van der Waals surface area contributed by atoms with Crippen molar-refractivity contribution in [2.75, 3.05) is 20.3 Å². The molecule has 1 saturated heterocycles. The van der Waals surface area contributed by atoms with Gasteiger partial charge in [0.05, 0.1) is 7.11 Å². The van der Waals surface area contributed by atoms with Gasteiger partial charge in [0, 0.05) is 26.2 Å². The summed E-state index contributed by atoms with van der Waals surface area (Å²) in [6, 6.07) is 3.87. The second-order valence-corrected chi connectivity index (χ2v) is 9.27. The number of methoxy groups -OCH3 is 1. The van der Waals surface area contributed by atoms with Crippen LogP contribution in [0.4, 0.5) is 4.39 Å². The van der Waals surface area contributed by atoms with Crippen molar-refractivity contribution in [2.45, 2.75) is 70.4 Å². The van der Waals surface area contributed by atoms with Crippen LogP contribution in [0.2, 0.25) is 0 Å². The summed E-state index contributed by atoms with van der Waals surface area (Å²) in [4.78, 5) is 29.4. The molecule has 4 N–H and O–H groups in total. The standard InChI is InChI=1S/C25H37FN4O4/c1-33-22-14-19(7-8-20(22)26)16-28-24(32)21(13-17-5-3-2-4-6-17)29-25(27)30-23(31)15-18-9-11-34-12-10-18/h7-8,14,17-18,21H,2-6,9-13,15-16H2,1H3,(H,28,32)(H3,27,29,30,31). The predicted molar refractivity (Wildman–Crippen MR) is 128 cm³/mol. The zero-order valence-electron chi connectivity index (χ0n) is 20.0. The molecule has 0 aromatic heterocycles. The van der Waals surface area contributed by atoms with Crippen molar-refractivity contribution in [3.8, 4) is 5.75 Å². The molecule has 2 aliphatic rings. The minimum Gasteiger partial charge on any atom is -0.494 e. The topological polar surface area (TPSA) is 115 Å². The van der Waals surface area contributed by atoms with Crippen molar-refractivity contribution < 1.29 is 23.5 Å². The average molecular weight is 477 g/mol. The fourth-order valence-corrected chi connectivity index (χ4v) is 4.70. The molecule has 3 rings (SSSR count). The van der Waals surface area contributed by atoms with Crippen LogP contribution in [0.25, 0.3) is 0 Å². The third-order valence-corrected chi connectivity index (χ3v) is 6.66. The van der Waals surface area contributed by atoms with Crippen molar-refractivity contribution in [2.24, 2.45) is 22.6 Å². The lowest BCUT2D eigenvalue weighted by molar-refractivity contribution is -0.123. The highest BCUT2D eigenvalue weighted by molar-refractivity contribution is 5.95. The van der Waals surface area contributed by atoms with Gasteiger partial charge in [-0.25, -0.2) is 4.39 Å². The first kappa shape index (κ1) is 25.9. The molecule has 1 aromatic carbocycles. The van der Waals surface area contributed by atoms with E-state index in [0.29, 0.717) is 32.0 Å². The number of nitrogens with two attached hydrogens (primary N) is 1. The SMILES string of the molecule is COc1cc(CNC(=O)C(CC2CCCCC2)NC(N)=NC(=O)CC2CCOCC2)ccc1F. The zero-order chi connectivity index (χ0) is 24.3. The number of nitrogens with zero attached hydrogens (tertiary/aromatic N) is 1. The van der Waals surface area contributed by atoms with Gasteiger partial charge in [-0.05, 0) is 48.8 Å². The highest BCUT2D eigenvalue weighted by Gasteiger charge is 2.25. The van der Waals surface area contributed by atoms with E-state index in [-0.39, 0.29) is 36.0 Å². The first-order chi connectivity index (χ1) is 16.4. The summed E-state index contributed by atoms with van der Waals surface area (Å²) >= 11 is 0. The second kappa shape index (κ2) is 13.3. The molecule has 0 radical (unpaired) electrons. The minimum atomic E-state index is -0.606. The fourth-order valence-electron chi connectivity index (χ4n) is 4.70. The van der Waals surface area contributed by atoms with Crippen molar-refractivity contribution in [1.82, 2.24) is 10.6 Å². The minimum absolute atomic E-state index is 0.0310. The molecule has 1 atom stereocenters. The maximum absolute atomic E-state index is 13.7. The Labute approximate surface area is 200 Å². The third-order valence-electron chi connectivity index (χ3n) is 6.66. The smallest absolute Gasteiger partial charge is 0.249 e. The van der Waals surface area contributed by atoms with Gasteiger partial charge in [0.1, 0.15) is 6.04 Å². The molecular weight excluding hydrogens is 439 g/mol. The quantitative estimate of drug-likeness (QED) is 0.373. The lowest BCUT2D eigenvalue weighted by atomic mass is 9.84. The van der Waals surface area contributed by atoms with Crippen LogP contribution in [-0.2, 0) is 20.9 Å². The van der Waals surface area contributed by atoms with Gasteiger partial charge in [-0.1, -0.05) is 38.2 Å². The molecule has 2 fully saturated rings. The maximum atomic E-state index is 13.7. The van der Waals surface area contributed by atoms with E-state index in [2.05, 4.69) is 15.6 Å². The lowest BCUT2D eigenvalue weighted by Crippen LogP contribution is -2.50. The number of benzene rings is 1. The number of nitrogens with one attached hydrogen (secondary N) is 2. The summed E-state index contributed by atoms with van der Waals surface area (Å²) in [5.74, 6) is -0.208. The highest BCUT2D eigenvalue weighted by atomic mass is 19.1. The van der Waals surface area contributed by atoms with Gasteiger partial charge >= 0.3 is 0 Å². The van der Waals surface area contributed by atoms with Gasteiger partial charge < -0.3 is 25.8 Å². The summed E-state index contributed by atoms with van der Waals surface area (Å²) in [6.45, 7) is 1.55. The number of hydrogen-bond donors (Lipinski definition) is 3.